The summed E-state index contributed by atoms with van der Waals surface area (Å²) >= 11 is 0. The lowest BCUT2D eigenvalue weighted by atomic mass is 10.1. The monoisotopic (exact) mass is 383 g/mol. The van der Waals surface area contributed by atoms with Crippen LogP contribution < -0.4 is 10.2 Å². The van der Waals surface area contributed by atoms with Crippen molar-refractivity contribution >= 4 is 17.5 Å². The Morgan fingerprint density at radius 3 is 2.25 bits per heavy atom. The molecule has 0 bridgehead atoms. The highest BCUT2D eigenvalue weighted by Crippen LogP contribution is 2.17. The lowest BCUT2D eigenvalue weighted by molar-refractivity contribution is -0.134. The van der Waals surface area contributed by atoms with Crippen LogP contribution in [0.2, 0.25) is 0 Å². The second kappa shape index (κ2) is 9.35. The molecule has 1 atom stereocenters. The molecule has 3 rings (SSSR count). The normalized spacial score (nSPS) is 15.2. The van der Waals surface area contributed by atoms with E-state index in [1.54, 1.807) is 17.0 Å². The smallest absolute Gasteiger partial charge is 0.223 e. The van der Waals surface area contributed by atoms with Crippen molar-refractivity contribution in [3.8, 4) is 0 Å². The van der Waals surface area contributed by atoms with E-state index in [0.717, 1.165) is 11.3 Å². The standard InChI is InChI=1S/C22H26FN3O2/c1-17(18-5-3-2-4-6-18)24-21(27)11-12-22(28)26-15-13-25(14-16-26)20-9-7-19(23)8-10-20/h2-10,17H,11-16H2,1H3,(H,24,27)/t17-/m1/s1. The molecule has 1 heterocycles. The molecule has 0 unspecified atom stereocenters. The first-order valence-corrected chi connectivity index (χ1v) is 9.65. The van der Waals surface area contributed by atoms with Gasteiger partial charge in [0.1, 0.15) is 5.82 Å². The van der Waals surface area contributed by atoms with Gasteiger partial charge in [-0.3, -0.25) is 9.59 Å². The minimum Gasteiger partial charge on any atom is -0.368 e. The molecule has 28 heavy (non-hydrogen) atoms. The van der Waals surface area contributed by atoms with Crippen molar-refractivity contribution in [2.24, 2.45) is 0 Å². The fourth-order valence-electron chi connectivity index (χ4n) is 3.38. The van der Waals surface area contributed by atoms with Gasteiger partial charge in [-0.25, -0.2) is 4.39 Å². The number of benzene rings is 2. The van der Waals surface area contributed by atoms with Gasteiger partial charge in [-0.05, 0) is 36.8 Å². The third-order valence-corrected chi connectivity index (χ3v) is 5.07. The number of nitrogens with one attached hydrogen (secondary N) is 1. The van der Waals surface area contributed by atoms with E-state index in [2.05, 4.69) is 10.2 Å². The Hall–Kier alpha value is -2.89. The maximum absolute atomic E-state index is 13.0. The molecule has 1 N–H and O–H groups in total. The maximum Gasteiger partial charge on any atom is 0.223 e. The predicted molar refractivity (Wildman–Crippen MR) is 107 cm³/mol. The van der Waals surface area contributed by atoms with Gasteiger partial charge in [0.2, 0.25) is 11.8 Å². The van der Waals surface area contributed by atoms with Crippen LogP contribution in [-0.4, -0.2) is 42.9 Å². The summed E-state index contributed by atoms with van der Waals surface area (Å²) in [7, 11) is 0. The van der Waals surface area contributed by atoms with Crippen molar-refractivity contribution in [1.29, 1.82) is 0 Å². The molecular formula is C22H26FN3O2. The molecule has 1 fully saturated rings. The van der Waals surface area contributed by atoms with Crippen molar-refractivity contribution in [2.45, 2.75) is 25.8 Å². The SMILES string of the molecule is C[C@@H](NC(=O)CCC(=O)N1CCN(c2ccc(F)cc2)CC1)c1ccccc1. The van der Waals surface area contributed by atoms with Gasteiger partial charge in [-0.15, -0.1) is 0 Å². The third kappa shape index (κ3) is 5.31. The van der Waals surface area contributed by atoms with Gasteiger partial charge in [0, 0.05) is 44.7 Å². The lowest BCUT2D eigenvalue weighted by Crippen LogP contribution is -2.49. The highest BCUT2D eigenvalue weighted by Gasteiger charge is 2.22. The topological polar surface area (TPSA) is 52.7 Å². The summed E-state index contributed by atoms with van der Waals surface area (Å²) in [5, 5.41) is 2.94. The number of carbonyl (C=O) groups is 2. The molecule has 2 aromatic carbocycles. The van der Waals surface area contributed by atoms with Crippen LogP contribution in [0.4, 0.5) is 10.1 Å². The molecule has 2 amide bonds. The summed E-state index contributed by atoms with van der Waals surface area (Å²) in [6.45, 7) is 4.56. The second-order valence-corrected chi connectivity index (χ2v) is 7.04. The van der Waals surface area contributed by atoms with Gasteiger partial charge in [0.25, 0.3) is 0 Å². The number of carbonyl (C=O) groups excluding carboxylic acids is 2. The van der Waals surface area contributed by atoms with Crippen LogP contribution in [-0.2, 0) is 9.59 Å². The van der Waals surface area contributed by atoms with Crippen molar-refractivity contribution < 1.29 is 14.0 Å². The Labute approximate surface area is 165 Å². The minimum absolute atomic E-state index is 0.00118. The Morgan fingerprint density at radius 1 is 0.964 bits per heavy atom. The average Bonchev–Trinajstić information content (AvgIpc) is 2.73. The molecule has 1 aliphatic rings. The highest BCUT2D eigenvalue weighted by atomic mass is 19.1. The number of piperazine rings is 1. The van der Waals surface area contributed by atoms with E-state index >= 15 is 0 Å². The van der Waals surface area contributed by atoms with Gasteiger partial charge in [0.05, 0.1) is 6.04 Å². The van der Waals surface area contributed by atoms with Crippen LogP contribution in [0.15, 0.2) is 54.6 Å². The molecule has 0 radical (unpaired) electrons. The van der Waals surface area contributed by atoms with Crippen molar-refractivity contribution in [2.75, 3.05) is 31.1 Å². The van der Waals surface area contributed by atoms with Crippen molar-refractivity contribution in [3.63, 3.8) is 0 Å². The highest BCUT2D eigenvalue weighted by molar-refractivity contribution is 5.84. The van der Waals surface area contributed by atoms with E-state index in [9.17, 15) is 14.0 Å². The maximum atomic E-state index is 13.0. The number of rotatable bonds is 6. The van der Waals surface area contributed by atoms with Crippen LogP contribution >= 0.6 is 0 Å². The van der Waals surface area contributed by atoms with Crippen LogP contribution in [0.25, 0.3) is 0 Å². The van der Waals surface area contributed by atoms with Gasteiger partial charge in [0.15, 0.2) is 0 Å². The first-order valence-electron chi connectivity index (χ1n) is 9.65. The Morgan fingerprint density at radius 2 is 1.61 bits per heavy atom. The zero-order valence-electron chi connectivity index (χ0n) is 16.1. The average molecular weight is 383 g/mol. The summed E-state index contributed by atoms with van der Waals surface area (Å²) in [6.07, 6.45) is 0.401. The van der Waals surface area contributed by atoms with Gasteiger partial charge < -0.3 is 15.1 Å². The Balaban J connectivity index is 1.40. The van der Waals surface area contributed by atoms with Crippen LogP contribution in [0, 0.1) is 5.82 Å². The Kier molecular flexibility index (Phi) is 6.63. The predicted octanol–water partition coefficient (Wildman–Crippen LogP) is 3.13. The van der Waals surface area contributed by atoms with Gasteiger partial charge in [-0.1, -0.05) is 30.3 Å². The molecule has 1 aliphatic heterocycles. The lowest BCUT2D eigenvalue weighted by Gasteiger charge is -2.36. The van der Waals surface area contributed by atoms with Crippen molar-refractivity contribution in [3.05, 3.63) is 66.0 Å². The second-order valence-electron chi connectivity index (χ2n) is 7.04. The van der Waals surface area contributed by atoms with E-state index in [1.165, 1.54) is 12.1 Å². The molecule has 6 heteroatoms. The van der Waals surface area contributed by atoms with Crippen LogP contribution in [0.5, 0.6) is 0 Å². The van der Waals surface area contributed by atoms with Crippen LogP contribution in [0.3, 0.4) is 0 Å². The van der Waals surface area contributed by atoms with Crippen LogP contribution in [0.1, 0.15) is 31.4 Å². The zero-order chi connectivity index (χ0) is 19.9. The molecule has 0 spiro atoms. The fraction of sp³-hybridized carbons (Fsp3) is 0.364. The quantitative estimate of drug-likeness (QED) is 0.834. The number of halogens is 1. The van der Waals surface area contributed by atoms with Gasteiger partial charge in [-0.2, -0.15) is 0 Å². The summed E-state index contributed by atoms with van der Waals surface area (Å²) in [4.78, 5) is 28.5. The number of amides is 2. The van der Waals surface area contributed by atoms with Gasteiger partial charge >= 0.3 is 0 Å². The van der Waals surface area contributed by atoms with Crippen molar-refractivity contribution in [1.82, 2.24) is 10.2 Å². The first-order chi connectivity index (χ1) is 13.5. The molecule has 1 saturated heterocycles. The first kappa shape index (κ1) is 19.9. The number of anilines is 1. The molecule has 148 valence electrons. The fourth-order valence-corrected chi connectivity index (χ4v) is 3.38. The third-order valence-electron chi connectivity index (χ3n) is 5.07. The van der Waals surface area contributed by atoms with E-state index < -0.39 is 0 Å². The van der Waals surface area contributed by atoms with E-state index in [-0.39, 0.29) is 36.5 Å². The summed E-state index contributed by atoms with van der Waals surface area (Å²) in [5.41, 5.74) is 2.00. The summed E-state index contributed by atoms with van der Waals surface area (Å²) in [6, 6.07) is 16.1. The molecule has 0 saturated carbocycles. The van der Waals surface area contributed by atoms with E-state index in [0.29, 0.717) is 26.2 Å². The largest absolute Gasteiger partial charge is 0.368 e. The van der Waals surface area contributed by atoms with E-state index in [4.69, 9.17) is 0 Å². The summed E-state index contributed by atoms with van der Waals surface area (Å²) < 4.78 is 13.0. The molecular weight excluding hydrogens is 357 g/mol. The minimum atomic E-state index is -0.252. The molecule has 5 nitrogen and oxygen atoms in total. The Bertz CT molecular complexity index is 787. The van der Waals surface area contributed by atoms with E-state index in [1.807, 2.05) is 37.3 Å². The molecule has 0 aliphatic carbocycles. The molecule has 0 aromatic heterocycles. The number of hydrogen-bond donors (Lipinski definition) is 1. The summed E-state index contributed by atoms with van der Waals surface area (Å²) in [5.74, 6) is -0.367. The molecule has 2 aromatic rings. The number of nitrogens with zero attached hydrogens (tertiary/aromatic N) is 2. The number of hydrogen-bond acceptors (Lipinski definition) is 3. The zero-order valence-corrected chi connectivity index (χ0v) is 16.1.